The predicted octanol–water partition coefficient (Wildman–Crippen LogP) is 1.75. The van der Waals surface area contributed by atoms with Gasteiger partial charge in [0, 0.05) is 32.2 Å². The van der Waals surface area contributed by atoms with E-state index >= 15 is 0 Å². The van der Waals surface area contributed by atoms with E-state index in [-0.39, 0.29) is 0 Å². The Kier molecular flexibility index (Phi) is 3.60. The Morgan fingerprint density at radius 3 is 2.47 bits per heavy atom. The van der Waals surface area contributed by atoms with Crippen LogP contribution in [0, 0.1) is 5.92 Å². The standard InChI is InChI=1S/C13H22N2/c1-12(13-6-4-3-5-7-13)15-10-8-14(2)9-11-15/h3-6,12-13H,7-11H2,1-2H3. The maximum atomic E-state index is 2.63. The quantitative estimate of drug-likeness (QED) is 0.679. The molecule has 0 aromatic rings. The van der Waals surface area contributed by atoms with Crippen LogP contribution in [0.4, 0.5) is 0 Å². The van der Waals surface area contributed by atoms with Gasteiger partial charge in [-0.15, -0.1) is 0 Å². The van der Waals surface area contributed by atoms with E-state index in [1.165, 1.54) is 32.6 Å². The number of likely N-dealkylation sites (N-methyl/N-ethyl adjacent to an activating group) is 1. The van der Waals surface area contributed by atoms with Crippen molar-refractivity contribution < 1.29 is 0 Å². The van der Waals surface area contributed by atoms with Gasteiger partial charge in [-0.3, -0.25) is 4.90 Å². The first-order valence-corrected chi connectivity index (χ1v) is 6.03. The van der Waals surface area contributed by atoms with Crippen LogP contribution >= 0.6 is 0 Å². The highest BCUT2D eigenvalue weighted by Crippen LogP contribution is 2.21. The molecule has 1 aliphatic carbocycles. The zero-order valence-electron chi connectivity index (χ0n) is 9.89. The molecular formula is C13H22N2. The summed E-state index contributed by atoms with van der Waals surface area (Å²) in [5.74, 6) is 0.721. The summed E-state index contributed by atoms with van der Waals surface area (Å²) in [6.07, 6.45) is 10.2. The second kappa shape index (κ2) is 4.95. The van der Waals surface area contributed by atoms with Gasteiger partial charge in [0.25, 0.3) is 0 Å². The van der Waals surface area contributed by atoms with Gasteiger partial charge < -0.3 is 4.90 Å². The molecule has 2 nitrogen and oxygen atoms in total. The molecule has 0 aromatic heterocycles. The van der Waals surface area contributed by atoms with E-state index in [0.29, 0.717) is 6.04 Å². The monoisotopic (exact) mass is 206 g/mol. The summed E-state index contributed by atoms with van der Waals surface area (Å²) in [6.45, 7) is 7.27. The van der Waals surface area contributed by atoms with E-state index in [0.717, 1.165) is 5.92 Å². The van der Waals surface area contributed by atoms with E-state index < -0.39 is 0 Å². The van der Waals surface area contributed by atoms with Gasteiger partial charge in [0.1, 0.15) is 0 Å². The topological polar surface area (TPSA) is 6.48 Å². The average molecular weight is 206 g/mol. The Balaban J connectivity index is 1.87. The third-order valence-corrected chi connectivity index (χ3v) is 3.75. The number of rotatable bonds is 2. The van der Waals surface area contributed by atoms with Crippen molar-refractivity contribution in [3.63, 3.8) is 0 Å². The smallest absolute Gasteiger partial charge is 0.0134 e. The predicted molar refractivity (Wildman–Crippen MR) is 64.9 cm³/mol. The first-order valence-electron chi connectivity index (χ1n) is 6.03. The van der Waals surface area contributed by atoms with Gasteiger partial charge in [0.05, 0.1) is 0 Å². The molecule has 1 aliphatic heterocycles. The van der Waals surface area contributed by atoms with Crippen molar-refractivity contribution in [3.05, 3.63) is 24.3 Å². The number of hydrogen-bond donors (Lipinski definition) is 0. The molecule has 2 atom stereocenters. The second-order valence-corrected chi connectivity index (χ2v) is 4.79. The zero-order valence-corrected chi connectivity index (χ0v) is 9.89. The van der Waals surface area contributed by atoms with E-state index in [2.05, 4.69) is 48.1 Å². The lowest BCUT2D eigenvalue weighted by atomic mass is 9.92. The summed E-state index contributed by atoms with van der Waals surface area (Å²) >= 11 is 0. The maximum absolute atomic E-state index is 2.63. The first kappa shape index (κ1) is 10.9. The number of hydrogen-bond acceptors (Lipinski definition) is 2. The summed E-state index contributed by atoms with van der Waals surface area (Å²) in [4.78, 5) is 5.05. The fourth-order valence-corrected chi connectivity index (χ4v) is 2.46. The Labute approximate surface area is 93.2 Å². The van der Waals surface area contributed by atoms with Crippen molar-refractivity contribution in [2.24, 2.45) is 5.92 Å². The van der Waals surface area contributed by atoms with Crippen LogP contribution in [0.1, 0.15) is 13.3 Å². The normalized spacial score (nSPS) is 30.7. The van der Waals surface area contributed by atoms with Gasteiger partial charge in [-0.2, -0.15) is 0 Å². The second-order valence-electron chi connectivity index (χ2n) is 4.79. The molecule has 2 rings (SSSR count). The molecule has 2 aliphatic rings. The summed E-state index contributed by atoms with van der Waals surface area (Å²) in [6, 6.07) is 0.694. The average Bonchev–Trinajstić information content (AvgIpc) is 2.30. The Bertz CT molecular complexity index is 249. The molecule has 15 heavy (non-hydrogen) atoms. The molecule has 84 valence electrons. The van der Waals surface area contributed by atoms with Crippen LogP contribution in [0.15, 0.2) is 24.3 Å². The SMILES string of the molecule is CC(C1C=CC=CC1)N1CCN(C)CC1. The molecule has 1 fully saturated rings. The molecule has 1 saturated heterocycles. The molecular weight excluding hydrogens is 184 g/mol. The lowest BCUT2D eigenvalue weighted by Crippen LogP contribution is -2.50. The number of allylic oxidation sites excluding steroid dienone is 3. The summed E-state index contributed by atoms with van der Waals surface area (Å²) < 4.78 is 0. The van der Waals surface area contributed by atoms with Gasteiger partial charge in [0.2, 0.25) is 0 Å². The molecule has 0 amide bonds. The third kappa shape index (κ3) is 2.70. The molecule has 2 heteroatoms. The highest BCUT2D eigenvalue weighted by molar-refractivity contribution is 5.12. The van der Waals surface area contributed by atoms with Crippen molar-refractivity contribution in [3.8, 4) is 0 Å². The zero-order chi connectivity index (χ0) is 10.7. The maximum Gasteiger partial charge on any atom is 0.0134 e. The van der Waals surface area contributed by atoms with Crippen LogP contribution in [0.3, 0.4) is 0 Å². The molecule has 2 unspecified atom stereocenters. The summed E-state index contributed by atoms with van der Waals surface area (Å²) in [7, 11) is 2.21. The van der Waals surface area contributed by atoms with E-state index in [1.54, 1.807) is 0 Å². The molecule has 0 saturated carbocycles. The Morgan fingerprint density at radius 2 is 1.87 bits per heavy atom. The first-order chi connectivity index (χ1) is 7.27. The number of piperazine rings is 1. The van der Waals surface area contributed by atoms with Crippen molar-refractivity contribution in [2.75, 3.05) is 33.2 Å². The van der Waals surface area contributed by atoms with Crippen molar-refractivity contribution in [2.45, 2.75) is 19.4 Å². The minimum atomic E-state index is 0.694. The van der Waals surface area contributed by atoms with Gasteiger partial charge in [-0.1, -0.05) is 24.3 Å². The third-order valence-electron chi connectivity index (χ3n) is 3.75. The van der Waals surface area contributed by atoms with Crippen LogP contribution in [0.2, 0.25) is 0 Å². The van der Waals surface area contributed by atoms with Crippen LogP contribution in [-0.2, 0) is 0 Å². The number of nitrogens with zero attached hydrogens (tertiary/aromatic N) is 2. The molecule has 0 radical (unpaired) electrons. The van der Waals surface area contributed by atoms with Crippen molar-refractivity contribution in [1.82, 2.24) is 9.80 Å². The van der Waals surface area contributed by atoms with Crippen molar-refractivity contribution in [1.29, 1.82) is 0 Å². The summed E-state index contributed by atoms with van der Waals surface area (Å²) in [5, 5.41) is 0. The van der Waals surface area contributed by atoms with Gasteiger partial charge >= 0.3 is 0 Å². The van der Waals surface area contributed by atoms with E-state index in [1.807, 2.05) is 0 Å². The minimum Gasteiger partial charge on any atom is -0.304 e. The summed E-state index contributed by atoms with van der Waals surface area (Å²) in [5.41, 5.74) is 0. The molecule has 1 heterocycles. The van der Waals surface area contributed by atoms with E-state index in [4.69, 9.17) is 0 Å². The molecule has 0 aromatic carbocycles. The Morgan fingerprint density at radius 1 is 1.13 bits per heavy atom. The molecule has 0 bridgehead atoms. The molecule has 0 N–H and O–H groups in total. The highest BCUT2D eigenvalue weighted by atomic mass is 15.3. The van der Waals surface area contributed by atoms with Crippen LogP contribution < -0.4 is 0 Å². The van der Waals surface area contributed by atoms with Gasteiger partial charge in [-0.05, 0) is 26.3 Å². The van der Waals surface area contributed by atoms with Gasteiger partial charge in [0.15, 0.2) is 0 Å². The lowest BCUT2D eigenvalue weighted by molar-refractivity contribution is 0.0998. The minimum absolute atomic E-state index is 0.694. The van der Waals surface area contributed by atoms with E-state index in [9.17, 15) is 0 Å². The fraction of sp³-hybridized carbons (Fsp3) is 0.692. The molecule has 0 spiro atoms. The fourth-order valence-electron chi connectivity index (χ4n) is 2.46. The van der Waals surface area contributed by atoms with Crippen LogP contribution in [0.5, 0.6) is 0 Å². The van der Waals surface area contributed by atoms with Gasteiger partial charge in [-0.25, -0.2) is 0 Å². The Hall–Kier alpha value is -0.600. The lowest BCUT2D eigenvalue weighted by Gasteiger charge is -2.39. The van der Waals surface area contributed by atoms with Crippen LogP contribution in [0.25, 0.3) is 0 Å². The highest BCUT2D eigenvalue weighted by Gasteiger charge is 2.24. The van der Waals surface area contributed by atoms with Crippen molar-refractivity contribution >= 4 is 0 Å². The largest absolute Gasteiger partial charge is 0.304 e. The van der Waals surface area contributed by atoms with Crippen LogP contribution in [-0.4, -0.2) is 49.1 Å².